The van der Waals surface area contributed by atoms with Crippen LogP contribution in [-0.2, 0) is 9.53 Å². The third-order valence-electron chi connectivity index (χ3n) is 4.06. The fraction of sp³-hybridized carbons (Fsp3) is 0.850. The molecule has 162 valence electrons. The predicted octanol–water partition coefficient (Wildman–Crippen LogP) is 2.10. The van der Waals surface area contributed by atoms with Crippen molar-refractivity contribution in [2.75, 3.05) is 32.7 Å². The summed E-state index contributed by atoms with van der Waals surface area (Å²) in [4.78, 5) is 30.2. The quantitative estimate of drug-likeness (QED) is 0.488. The van der Waals surface area contributed by atoms with Crippen molar-refractivity contribution < 1.29 is 14.3 Å². The molecule has 1 heterocycles. The van der Waals surface area contributed by atoms with E-state index in [9.17, 15) is 9.59 Å². The molecule has 2 amide bonds. The van der Waals surface area contributed by atoms with Crippen LogP contribution in [0.4, 0.5) is 4.79 Å². The Labute approximate surface area is 169 Å². The smallest absolute Gasteiger partial charge is 0.410 e. The molecular weight excluding hydrogens is 358 g/mol. The second-order valence-corrected chi connectivity index (χ2v) is 9.29. The zero-order valence-corrected chi connectivity index (χ0v) is 18.6. The molecule has 0 spiro atoms. The van der Waals surface area contributed by atoms with Gasteiger partial charge >= 0.3 is 6.09 Å². The average Bonchev–Trinajstić information content (AvgIpc) is 2.54. The van der Waals surface area contributed by atoms with Crippen LogP contribution in [0.25, 0.3) is 0 Å². The van der Waals surface area contributed by atoms with Crippen molar-refractivity contribution in [3.05, 3.63) is 0 Å². The second-order valence-electron chi connectivity index (χ2n) is 9.29. The van der Waals surface area contributed by atoms with Crippen molar-refractivity contribution in [2.24, 2.45) is 10.9 Å². The molecule has 0 atom stereocenters. The standard InChI is InChI=1S/C20H39N5O3/c1-8-21-17(23-14-16(26)24-19(2,3)4)22-13-15-9-11-25(12-10-15)18(27)28-20(5,6)7/h15H,8-14H2,1-7H3,(H,24,26)(H2,21,22,23). The lowest BCUT2D eigenvalue weighted by atomic mass is 9.97. The Kier molecular flexibility index (Phi) is 9.04. The highest BCUT2D eigenvalue weighted by Crippen LogP contribution is 2.19. The number of carbonyl (C=O) groups is 2. The van der Waals surface area contributed by atoms with E-state index in [1.54, 1.807) is 4.90 Å². The monoisotopic (exact) mass is 397 g/mol. The van der Waals surface area contributed by atoms with Crippen molar-refractivity contribution >= 4 is 18.0 Å². The first kappa shape index (κ1) is 24.0. The summed E-state index contributed by atoms with van der Waals surface area (Å²) in [6.45, 7) is 16.4. The highest BCUT2D eigenvalue weighted by Gasteiger charge is 2.26. The molecule has 0 saturated carbocycles. The van der Waals surface area contributed by atoms with Gasteiger partial charge < -0.3 is 25.6 Å². The largest absolute Gasteiger partial charge is 0.444 e. The van der Waals surface area contributed by atoms with Crippen LogP contribution in [0, 0.1) is 5.92 Å². The Balaban J connectivity index is 2.43. The number of nitrogens with one attached hydrogen (secondary N) is 3. The molecule has 0 aromatic heterocycles. The molecule has 1 aliphatic heterocycles. The molecular formula is C20H39N5O3. The third kappa shape index (κ3) is 10.4. The van der Waals surface area contributed by atoms with Gasteiger partial charge in [-0.3, -0.25) is 4.79 Å². The number of rotatable bonds is 5. The van der Waals surface area contributed by atoms with E-state index in [0.29, 0.717) is 25.0 Å². The van der Waals surface area contributed by atoms with Crippen molar-refractivity contribution in [3.8, 4) is 0 Å². The molecule has 0 bridgehead atoms. The van der Waals surface area contributed by atoms with Crippen LogP contribution < -0.4 is 16.0 Å². The van der Waals surface area contributed by atoms with Gasteiger partial charge in [0.25, 0.3) is 0 Å². The lowest BCUT2D eigenvalue weighted by Gasteiger charge is -2.33. The average molecular weight is 398 g/mol. The Morgan fingerprint density at radius 1 is 1.07 bits per heavy atom. The molecule has 1 aliphatic rings. The summed E-state index contributed by atoms with van der Waals surface area (Å²) in [5.74, 6) is 0.988. The van der Waals surface area contributed by atoms with Crippen LogP contribution in [0.1, 0.15) is 61.3 Å². The van der Waals surface area contributed by atoms with Gasteiger partial charge in [0.1, 0.15) is 12.1 Å². The minimum absolute atomic E-state index is 0.0870. The summed E-state index contributed by atoms with van der Waals surface area (Å²) >= 11 is 0. The van der Waals surface area contributed by atoms with E-state index in [4.69, 9.17) is 4.74 Å². The van der Waals surface area contributed by atoms with Gasteiger partial charge in [-0.25, -0.2) is 9.79 Å². The lowest BCUT2D eigenvalue weighted by Crippen LogP contribution is -2.46. The van der Waals surface area contributed by atoms with Gasteiger partial charge in [0.2, 0.25) is 5.91 Å². The topological polar surface area (TPSA) is 95.1 Å². The van der Waals surface area contributed by atoms with Crippen molar-refractivity contribution in [2.45, 2.75) is 72.4 Å². The summed E-state index contributed by atoms with van der Waals surface area (Å²) in [5, 5.41) is 9.39. The highest BCUT2D eigenvalue weighted by atomic mass is 16.6. The maximum absolute atomic E-state index is 12.1. The predicted molar refractivity (Wildman–Crippen MR) is 112 cm³/mol. The number of hydrogen-bond acceptors (Lipinski definition) is 4. The van der Waals surface area contributed by atoms with Gasteiger partial charge in [-0.15, -0.1) is 0 Å². The molecule has 1 fully saturated rings. The Bertz CT molecular complexity index is 541. The van der Waals surface area contributed by atoms with Crippen LogP contribution in [0.3, 0.4) is 0 Å². The number of nitrogens with zero attached hydrogens (tertiary/aromatic N) is 2. The van der Waals surface area contributed by atoms with Crippen LogP contribution >= 0.6 is 0 Å². The minimum Gasteiger partial charge on any atom is -0.444 e. The molecule has 0 aromatic carbocycles. The fourth-order valence-electron chi connectivity index (χ4n) is 2.84. The van der Waals surface area contributed by atoms with Gasteiger partial charge in [-0.05, 0) is 67.2 Å². The number of guanidine groups is 1. The first-order valence-corrected chi connectivity index (χ1v) is 10.2. The van der Waals surface area contributed by atoms with Gasteiger partial charge in [-0.1, -0.05) is 0 Å². The second kappa shape index (κ2) is 10.5. The summed E-state index contributed by atoms with van der Waals surface area (Å²) in [5.41, 5.74) is -0.730. The number of hydrogen-bond donors (Lipinski definition) is 3. The summed E-state index contributed by atoms with van der Waals surface area (Å²) < 4.78 is 5.44. The van der Waals surface area contributed by atoms with Gasteiger partial charge in [0, 0.05) is 31.7 Å². The Hall–Kier alpha value is -1.99. The first-order valence-electron chi connectivity index (χ1n) is 10.2. The van der Waals surface area contributed by atoms with E-state index in [1.807, 2.05) is 48.5 Å². The summed E-state index contributed by atoms with van der Waals surface area (Å²) in [6.07, 6.45) is 1.59. The van der Waals surface area contributed by atoms with E-state index >= 15 is 0 Å². The number of piperidine rings is 1. The van der Waals surface area contributed by atoms with Gasteiger partial charge in [0.15, 0.2) is 5.96 Å². The van der Waals surface area contributed by atoms with E-state index in [-0.39, 0.29) is 24.1 Å². The van der Waals surface area contributed by atoms with Crippen LogP contribution in [-0.4, -0.2) is 66.7 Å². The van der Waals surface area contributed by atoms with Crippen LogP contribution in [0.15, 0.2) is 4.99 Å². The van der Waals surface area contributed by atoms with Crippen molar-refractivity contribution in [3.63, 3.8) is 0 Å². The molecule has 28 heavy (non-hydrogen) atoms. The Morgan fingerprint density at radius 3 is 2.18 bits per heavy atom. The number of aliphatic imine (C=N–C) groups is 1. The van der Waals surface area contributed by atoms with E-state index in [2.05, 4.69) is 20.9 Å². The summed E-state index contributed by atoms with van der Waals surface area (Å²) in [7, 11) is 0. The molecule has 0 radical (unpaired) electrons. The number of likely N-dealkylation sites (tertiary alicyclic amines) is 1. The molecule has 8 nitrogen and oxygen atoms in total. The number of amides is 2. The molecule has 1 rings (SSSR count). The highest BCUT2D eigenvalue weighted by molar-refractivity contribution is 5.85. The SMILES string of the molecule is CCNC(=NCC(=O)NC(C)(C)C)NCC1CCN(C(=O)OC(C)(C)C)CC1. The van der Waals surface area contributed by atoms with E-state index < -0.39 is 5.60 Å². The first-order chi connectivity index (χ1) is 12.9. The normalized spacial score (nSPS) is 16.5. The lowest BCUT2D eigenvalue weighted by molar-refractivity contribution is -0.121. The molecule has 0 unspecified atom stereocenters. The molecule has 0 aromatic rings. The maximum Gasteiger partial charge on any atom is 0.410 e. The van der Waals surface area contributed by atoms with Crippen LogP contribution in [0.5, 0.6) is 0 Å². The van der Waals surface area contributed by atoms with Crippen molar-refractivity contribution in [1.29, 1.82) is 0 Å². The number of carbonyl (C=O) groups excluding carboxylic acids is 2. The molecule has 3 N–H and O–H groups in total. The van der Waals surface area contributed by atoms with E-state index in [1.165, 1.54) is 0 Å². The Morgan fingerprint density at radius 2 is 1.68 bits per heavy atom. The summed E-state index contributed by atoms with van der Waals surface area (Å²) in [6, 6.07) is 0. The molecule has 1 saturated heterocycles. The minimum atomic E-state index is -0.466. The van der Waals surface area contributed by atoms with E-state index in [0.717, 1.165) is 25.9 Å². The number of ether oxygens (including phenoxy) is 1. The van der Waals surface area contributed by atoms with Crippen molar-refractivity contribution in [1.82, 2.24) is 20.9 Å². The van der Waals surface area contributed by atoms with Crippen LogP contribution in [0.2, 0.25) is 0 Å². The molecule has 0 aliphatic carbocycles. The zero-order valence-electron chi connectivity index (χ0n) is 18.6. The zero-order chi connectivity index (χ0) is 21.4. The molecule has 8 heteroatoms. The van der Waals surface area contributed by atoms with Gasteiger partial charge in [0.05, 0.1) is 0 Å². The fourth-order valence-corrected chi connectivity index (χ4v) is 2.84. The third-order valence-corrected chi connectivity index (χ3v) is 4.06. The van der Waals surface area contributed by atoms with Gasteiger partial charge in [-0.2, -0.15) is 0 Å². The maximum atomic E-state index is 12.1.